The van der Waals surface area contributed by atoms with Gasteiger partial charge in [-0.25, -0.2) is 0 Å². The molecule has 0 saturated carbocycles. The van der Waals surface area contributed by atoms with Crippen LogP contribution in [0.2, 0.25) is 0 Å². The van der Waals surface area contributed by atoms with E-state index in [1.807, 2.05) is 27.2 Å². The van der Waals surface area contributed by atoms with Crippen LogP contribution < -0.4 is 10.2 Å². The van der Waals surface area contributed by atoms with Crippen molar-refractivity contribution in [3.8, 4) is 0 Å². The van der Waals surface area contributed by atoms with E-state index < -0.39 is 26.6 Å². The average molecular weight is 667 g/mol. The highest BCUT2D eigenvalue weighted by atomic mass is 31.2. The number of phosphoric acid groups is 1. The van der Waals surface area contributed by atoms with Crippen molar-refractivity contribution in [1.29, 1.82) is 0 Å². The van der Waals surface area contributed by atoms with Gasteiger partial charge in [-0.05, 0) is 64.2 Å². The van der Waals surface area contributed by atoms with Gasteiger partial charge < -0.3 is 28.8 Å². The first-order valence-electron chi connectivity index (χ1n) is 17.7. The molecule has 46 heavy (non-hydrogen) atoms. The van der Waals surface area contributed by atoms with Crippen molar-refractivity contribution in [2.45, 2.75) is 129 Å². The van der Waals surface area contributed by atoms with Crippen LogP contribution in [0.25, 0.3) is 0 Å². The Hall–Kier alpha value is -1.80. The molecule has 0 aromatic rings. The van der Waals surface area contributed by atoms with Crippen LogP contribution in [0.4, 0.5) is 0 Å². The van der Waals surface area contributed by atoms with Crippen molar-refractivity contribution in [2.75, 3.05) is 40.9 Å². The normalized spacial score (nSPS) is 15.5. The third-order valence-corrected chi connectivity index (χ3v) is 8.15. The molecule has 3 atom stereocenters. The molecule has 0 rings (SSSR count). The second-order valence-electron chi connectivity index (χ2n) is 12.8. The molecule has 266 valence electrons. The van der Waals surface area contributed by atoms with Crippen molar-refractivity contribution in [3.05, 3.63) is 60.8 Å². The molecular formula is C37H67N2O6P. The molecule has 0 spiro atoms. The van der Waals surface area contributed by atoms with Gasteiger partial charge in [0.2, 0.25) is 5.91 Å². The topological polar surface area (TPSA) is 108 Å². The maximum atomic E-state index is 12.7. The standard InChI is InChI=1S/C37H67N2O6P/c1-6-8-10-12-14-16-18-19-20-21-23-25-27-29-31-37(41)38-35(34-45-46(42,43)44-33-32-39(3,4)5)36(40)30-28-26-24-22-17-15-13-11-9-7-2/h9,11-12,14,17-19,22,28,30,35-36,40H,6-8,10,13,15-16,20-21,23-27,29,31-34H2,1-5H3,(H-,38,41,42,43)/b11-9+,14-12-,19-18-,22-17+,30-28+. The zero-order valence-electron chi connectivity index (χ0n) is 29.7. The number of quaternary nitrogens is 1. The van der Waals surface area contributed by atoms with Gasteiger partial charge in [-0.1, -0.05) is 107 Å². The second-order valence-corrected chi connectivity index (χ2v) is 14.2. The highest BCUT2D eigenvalue weighted by Gasteiger charge is 2.23. The predicted octanol–water partition coefficient (Wildman–Crippen LogP) is 8.10. The van der Waals surface area contributed by atoms with E-state index in [4.69, 9.17) is 9.05 Å². The Bertz CT molecular complexity index is 939. The fourth-order valence-corrected chi connectivity index (χ4v) is 5.04. The molecule has 0 radical (unpaired) electrons. The number of hydrogen-bond acceptors (Lipinski definition) is 6. The number of aliphatic hydroxyl groups is 1. The quantitative estimate of drug-likeness (QED) is 0.0347. The Morgan fingerprint density at radius 3 is 1.98 bits per heavy atom. The monoisotopic (exact) mass is 666 g/mol. The van der Waals surface area contributed by atoms with Crippen LogP contribution >= 0.6 is 7.82 Å². The SMILES string of the molecule is CC/C=C/CC/C=C/CC/C=C/C(O)C(COP(=O)([O-])OCC[N+](C)(C)C)NC(=O)CCCCCCC/C=C\C/C=C\CCCC. The lowest BCUT2D eigenvalue weighted by Crippen LogP contribution is -2.45. The van der Waals surface area contributed by atoms with Crippen molar-refractivity contribution in [1.82, 2.24) is 5.32 Å². The van der Waals surface area contributed by atoms with Crippen molar-refractivity contribution >= 4 is 13.7 Å². The van der Waals surface area contributed by atoms with Crippen LogP contribution in [0.3, 0.4) is 0 Å². The lowest BCUT2D eigenvalue weighted by atomic mass is 10.1. The highest BCUT2D eigenvalue weighted by Crippen LogP contribution is 2.38. The van der Waals surface area contributed by atoms with Gasteiger partial charge in [0.25, 0.3) is 7.82 Å². The van der Waals surface area contributed by atoms with Crippen LogP contribution in [0.5, 0.6) is 0 Å². The predicted molar refractivity (Wildman–Crippen MR) is 191 cm³/mol. The molecule has 0 saturated heterocycles. The molecule has 0 aliphatic carbocycles. The Kier molecular flexibility index (Phi) is 28.2. The van der Waals surface area contributed by atoms with E-state index in [9.17, 15) is 19.4 Å². The first kappa shape index (κ1) is 44.2. The molecule has 0 bridgehead atoms. The molecule has 0 aromatic carbocycles. The van der Waals surface area contributed by atoms with E-state index in [2.05, 4.69) is 67.8 Å². The second kappa shape index (κ2) is 29.3. The summed E-state index contributed by atoms with van der Waals surface area (Å²) < 4.78 is 23.0. The number of carbonyl (C=O) groups is 1. The molecule has 0 aliphatic rings. The third-order valence-electron chi connectivity index (χ3n) is 7.19. The van der Waals surface area contributed by atoms with E-state index in [1.165, 1.54) is 19.3 Å². The molecule has 0 aliphatic heterocycles. The van der Waals surface area contributed by atoms with Gasteiger partial charge in [-0.15, -0.1) is 0 Å². The Balaban J connectivity index is 4.66. The summed E-state index contributed by atoms with van der Waals surface area (Å²) in [4.78, 5) is 25.1. The molecule has 9 heteroatoms. The first-order valence-corrected chi connectivity index (χ1v) is 19.1. The molecule has 0 aromatic heterocycles. The lowest BCUT2D eigenvalue weighted by Gasteiger charge is -2.29. The number of rotatable bonds is 30. The minimum atomic E-state index is -4.59. The number of amides is 1. The number of phosphoric ester groups is 1. The minimum absolute atomic E-state index is 0.0150. The number of nitrogens with zero attached hydrogens (tertiary/aromatic N) is 1. The Morgan fingerprint density at radius 1 is 0.783 bits per heavy atom. The summed E-state index contributed by atoms with van der Waals surface area (Å²) >= 11 is 0. The van der Waals surface area contributed by atoms with Crippen molar-refractivity contribution in [2.24, 2.45) is 0 Å². The summed E-state index contributed by atoms with van der Waals surface area (Å²) in [5, 5.41) is 13.6. The smallest absolute Gasteiger partial charge is 0.268 e. The maximum Gasteiger partial charge on any atom is 0.268 e. The summed E-state index contributed by atoms with van der Waals surface area (Å²) in [6.45, 7) is 4.39. The van der Waals surface area contributed by atoms with Gasteiger partial charge in [0.05, 0.1) is 39.9 Å². The van der Waals surface area contributed by atoms with Crippen molar-refractivity contribution in [3.63, 3.8) is 0 Å². The number of likely N-dealkylation sites (N-methyl/N-ethyl adjacent to an activating group) is 1. The summed E-state index contributed by atoms with van der Waals surface area (Å²) in [7, 11) is 1.21. The largest absolute Gasteiger partial charge is 0.756 e. The van der Waals surface area contributed by atoms with Gasteiger partial charge in [-0.3, -0.25) is 9.36 Å². The van der Waals surface area contributed by atoms with Crippen molar-refractivity contribution < 1.29 is 32.9 Å². The summed E-state index contributed by atoms with van der Waals surface area (Å²) in [5.41, 5.74) is 0. The molecule has 2 N–H and O–H groups in total. The first-order chi connectivity index (χ1) is 22.0. The molecular weight excluding hydrogens is 599 g/mol. The van der Waals surface area contributed by atoms with Crippen LogP contribution in [0.15, 0.2) is 60.8 Å². The van der Waals surface area contributed by atoms with E-state index in [0.29, 0.717) is 17.4 Å². The van der Waals surface area contributed by atoms with E-state index in [0.717, 1.165) is 77.0 Å². The fraction of sp³-hybridized carbons (Fsp3) is 0.703. The number of allylic oxidation sites excluding steroid dienone is 9. The molecule has 1 amide bonds. The number of carbonyl (C=O) groups excluding carboxylic acids is 1. The minimum Gasteiger partial charge on any atom is -0.756 e. The number of aliphatic hydroxyl groups excluding tert-OH is 1. The Labute approximate surface area is 281 Å². The highest BCUT2D eigenvalue weighted by molar-refractivity contribution is 7.45. The molecule has 0 fully saturated rings. The molecule has 8 nitrogen and oxygen atoms in total. The van der Waals surface area contributed by atoms with Gasteiger partial charge >= 0.3 is 0 Å². The zero-order chi connectivity index (χ0) is 34.4. The summed E-state index contributed by atoms with van der Waals surface area (Å²) in [6, 6.07) is -0.915. The fourth-order valence-electron chi connectivity index (χ4n) is 4.32. The molecule has 0 heterocycles. The number of hydrogen-bond donors (Lipinski definition) is 2. The van der Waals surface area contributed by atoms with Gasteiger partial charge in [-0.2, -0.15) is 0 Å². The van der Waals surface area contributed by atoms with Gasteiger partial charge in [0.15, 0.2) is 0 Å². The maximum absolute atomic E-state index is 12.7. The third kappa shape index (κ3) is 30.8. The van der Waals surface area contributed by atoms with Crippen LogP contribution in [0, 0.1) is 0 Å². The zero-order valence-corrected chi connectivity index (χ0v) is 30.6. The van der Waals surface area contributed by atoms with E-state index in [1.54, 1.807) is 6.08 Å². The van der Waals surface area contributed by atoms with E-state index >= 15 is 0 Å². The molecule has 3 unspecified atom stereocenters. The van der Waals surface area contributed by atoms with Gasteiger partial charge in [0, 0.05) is 6.42 Å². The lowest BCUT2D eigenvalue weighted by molar-refractivity contribution is -0.870. The van der Waals surface area contributed by atoms with E-state index in [-0.39, 0.29) is 12.5 Å². The van der Waals surface area contributed by atoms with Crippen LogP contribution in [-0.4, -0.2) is 68.5 Å². The Morgan fingerprint density at radius 2 is 1.35 bits per heavy atom. The van der Waals surface area contributed by atoms with Gasteiger partial charge in [0.1, 0.15) is 13.2 Å². The average Bonchev–Trinajstić information content (AvgIpc) is 2.99. The number of nitrogens with one attached hydrogen (secondary N) is 1. The summed E-state index contributed by atoms with van der Waals surface area (Å²) in [5.74, 6) is -0.234. The van der Waals surface area contributed by atoms with Crippen LogP contribution in [-0.2, 0) is 18.4 Å². The summed E-state index contributed by atoms with van der Waals surface area (Å²) in [6.07, 6.45) is 35.6. The number of unbranched alkanes of at least 4 members (excludes halogenated alkanes) is 9. The van der Waals surface area contributed by atoms with Crippen LogP contribution in [0.1, 0.15) is 117 Å².